The van der Waals surface area contributed by atoms with Crippen molar-refractivity contribution in [1.29, 1.82) is 0 Å². The minimum atomic E-state index is -0.229. The fraction of sp³-hybridized carbons (Fsp3) is 0.280. The molecule has 1 N–H and O–H groups in total. The quantitative estimate of drug-likeness (QED) is 0.472. The molecule has 2 saturated heterocycles. The lowest BCUT2D eigenvalue weighted by Crippen LogP contribution is -2.51. The fourth-order valence-corrected chi connectivity index (χ4v) is 5.09. The number of carbonyl (C=O) groups excluding carboxylic acids is 1. The first-order valence-electron chi connectivity index (χ1n) is 11.3. The Labute approximate surface area is 195 Å². The molecule has 9 heteroatoms. The van der Waals surface area contributed by atoms with E-state index in [-0.39, 0.29) is 29.2 Å². The number of carbonyl (C=O) groups is 1. The van der Waals surface area contributed by atoms with Crippen LogP contribution in [0.3, 0.4) is 0 Å². The van der Waals surface area contributed by atoms with E-state index in [4.69, 9.17) is 4.98 Å². The summed E-state index contributed by atoms with van der Waals surface area (Å²) in [6, 6.07) is 11.0. The highest BCUT2D eigenvalue weighted by Crippen LogP contribution is 2.34. The molecule has 2 aliphatic heterocycles. The molecule has 34 heavy (non-hydrogen) atoms. The van der Waals surface area contributed by atoms with Gasteiger partial charge in [0.15, 0.2) is 11.2 Å². The van der Waals surface area contributed by atoms with Crippen LogP contribution in [0.5, 0.6) is 5.75 Å². The van der Waals surface area contributed by atoms with Gasteiger partial charge < -0.3 is 19.5 Å². The zero-order valence-corrected chi connectivity index (χ0v) is 18.8. The molecule has 2 aromatic carbocycles. The Morgan fingerprint density at radius 2 is 1.94 bits per heavy atom. The van der Waals surface area contributed by atoms with E-state index in [2.05, 4.69) is 16.5 Å². The number of fused-ring (bicyclic) bond motifs is 2. The van der Waals surface area contributed by atoms with Crippen LogP contribution in [0.4, 0.5) is 0 Å². The molecule has 0 aliphatic carbocycles. The van der Waals surface area contributed by atoms with E-state index < -0.39 is 0 Å². The molecule has 6 rings (SSSR count). The summed E-state index contributed by atoms with van der Waals surface area (Å²) in [5.74, 6) is 0.818. The van der Waals surface area contributed by atoms with Gasteiger partial charge in [0.25, 0.3) is 5.56 Å². The number of aromatic nitrogens is 4. The van der Waals surface area contributed by atoms with Crippen LogP contribution >= 0.6 is 0 Å². The van der Waals surface area contributed by atoms with E-state index in [1.807, 2.05) is 35.9 Å². The Balaban J connectivity index is 1.52. The van der Waals surface area contributed by atoms with Crippen molar-refractivity contribution in [2.24, 2.45) is 0 Å². The van der Waals surface area contributed by atoms with Crippen molar-refractivity contribution in [2.75, 3.05) is 33.2 Å². The summed E-state index contributed by atoms with van der Waals surface area (Å²) in [6.45, 7) is 6.27. The summed E-state index contributed by atoms with van der Waals surface area (Å²) in [5, 5.41) is 12.0. The third kappa shape index (κ3) is 3.04. The number of aromatic hydroxyl groups is 1. The van der Waals surface area contributed by atoms with Gasteiger partial charge in [-0.15, -0.1) is 0 Å². The zero-order chi connectivity index (χ0) is 23.6. The van der Waals surface area contributed by atoms with Crippen molar-refractivity contribution in [1.82, 2.24) is 28.9 Å². The summed E-state index contributed by atoms with van der Waals surface area (Å²) in [6.07, 6.45) is 2.80. The number of hydrogen-bond donors (Lipinski definition) is 1. The molecule has 0 radical (unpaired) electrons. The number of benzene rings is 2. The highest BCUT2D eigenvalue weighted by molar-refractivity contribution is 5.92. The second-order valence-corrected chi connectivity index (χ2v) is 9.14. The van der Waals surface area contributed by atoms with Gasteiger partial charge in [-0.1, -0.05) is 30.8 Å². The summed E-state index contributed by atoms with van der Waals surface area (Å²) in [4.78, 5) is 39.0. The molecule has 9 nitrogen and oxygen atoms in total. The third-order valence-electron chi connectivity index (χ3n) is 6.86. The molecule has 2 aromatic heterocycles. The molecule has 0 unspecified atom stereocenters. The standard InChI is InChI=1S/C25H24N6O3/c1-3-21(33)29-10-16(11-29)24-27-23-22(31(24)17-12-28(2)13-17)25(34)30(14-26-23)20-9-18(32)8-15-6-4-5-7-19(15)20/h3-9,14,16-17,32H,1,10-13H2,2H3. The molecule has 2 fully saturated rings. The number of rotatable bonds is 4. The van der Waals surface area contributed by atoms with Crippen LogP contribution in [-0.4, -0.2) is 73.1 Å². The van der Waals surface area contributed by atoms with Crippen LogP contribution in [-0.2, 0) is 4.79 Å². The molecule has 4 heterocycles. The zero-order valence-electron chi connectivity index (χ0n) is 18.8. The highest BCUT2D eigenvalue weighted by Gasteiger charge is 2.38. The van der Waals surface area contributed by atoms with E-state index in [0.29, 0.717) is 29.9 Å². The average molecular weight is 457 g/mol. The highest BCUT2D eigenvalue weighted by atomic mass is 16.3. The second-order valence-electron chi connectivity index (χ2n) is 9.14. The molecular weight excluding hydrogens is 432 g/mol. The van der Waals surface area contributed by atoms with Gasteiger partial charge in [0.05, 0.1) is 17.6 Å². The smallest absolute Gasteiger partial charge is 0.284 e. The first-order chi connectivity index (χ1) is 16.4. The van der Waals surface area contributed by atoms with Crippen LogP contribution in [0.2, 0.25) is 0 Å². The number of likely N-dealkylation sites (N-methyl/N-ethyl adjacent to an activating group) is 1. The van der Waals surface area contributed by atoms with Crippen molar-refractivity contribution in [3.05, 3.63) is 71.6 Å². The molecule has 0 saturated carbocycles. The number of likely N-dealkylation sites (tertiary alicyclic amines) is 2. The van der Waals surface area contributed by atoms with Gasteiger partial charge in [-0.3, -0.25) is 14.2 Å². The monoisotopic (exact) mass is 456 g/mol. The van der Waals surface area contributed by atoms with E-state index in [0.717, 1.165) is 29.7 Å². The lowest BCUT2D eigenvalue weighted by molar-refractivity contribution is -0.130. The summed E-state index contributed by atoms with van der Waals surface area (Å²) >= 11 is 0. The Hall–Kier alpha value is -3.98. The first kappa shape index (κ1) is 20.6. The molecular formula is C25H24N6O3. The largest absolute Gasteiger partial charge is 0.508 e. The normalized spacial score (nSPS) is 17.1. The minimum absolute atomic E-state index is 0.0402. The van der Waals surface area contributed by atoms with E-state index in [1.54, 1.807) is 17.0 Å². The van der Waals surface area contributed by atoms with Gasteiger partial charge in [-0.05, 0) is 24.6 Å². The predicted molar refractivity (Wildman–Crippen MR) is 128 cm³/mol. The van der Waals surface area contributed by atoms with Gasteiger partial charge in [0, 0.05) is 37.6 Å². The van der Waals surface area contributed by atoms with Crippen molar-refractivity contribution >= 4 is 27.8 Å². The molecule has 172 valence electrons. The molecule has 0 atom stereocenters. The van der Waals surface area contributed by atoms with Gasteiger partial charge >= 0.3 is 0 Å². The Kier molecular flexibility index (Phi) is 4.56. The number of amides is 1. The number of nitrogens with zero attached hydrogens (tertiary/aromatic N) is 6. The first-order valence-corrected chi connectivity index (χ1v) is 11.3. The van der Waals surface area contributed by atoms with E-state index in [9.17, 15) is 14.7 Å². The Morgan fingerprint density at radius 1 is 1.18 bits per heavy atom. The van der Waals surface area contributed by atoms with Crippen LogP contribution < -0.4 is 5.56 Å². The molecule has 1 amide bonds. The van der Waals surface area contributed by atoms with Crippen LogP contribution in [0.15, 0.2) is 60.2 Å². The number of imidazole rings is 1. The van der Waals surface area contributed by atoms with Crippen molar-refractivity contribution in [3.8, 4) is 11.4 Å². The molecule has 2 aliphatic rings. The van der Waals surface area contributed by atoms with Crippen LogP contribution in [0.25, 0.3) is 27.6 Å². The van der Waals surface area contributed by atoms with Crippen molar-refractivity contribution in [2.45, 2.75) is 12.0 Å². The van der Waals surface area contributed by atoms with Crippen molar-refractivity contribution in [3.63, 3.8) is 0 Å². The molecule has 4 aromatic rings. The average Bonchev–Trinajstić information content (AvgIpc) is 3.15. The fourth-order valence-electron chi connectivity index (χ4n) is 5.09. The Morgan fingerprint density at radius 3 is 2.68 bits per heavy atom. The van der Waals surface area contributed by atoms with Crippen LogP contribution in [0, 0.1) is 0 Å². The number of phenolic OH excluding ortho intramolecular Hbond substituents is 1. The summed E-state index contributed by atoms with van der Waals surface area (Å²) in [7, 11) is 2.04. The summed E-state index contributed by atoms with van der Waals surface area (Å²) < 4.78 is 3.52. The third-order valence-corrected chi connectivity index (χ3v) is 6.86. The van der Waals surface area contributed by atoms with Gasteiger partial charge in [0.2, 0.25) is 5.91 Å². The Bertz CT molecular complexity index is 1530. The maximum Gasteiger partial charge on any atom is 0.284 e. The lowest BCUT2D eigenvalue weighted by Gasteiger charge is -2.42. The number of phenols is 1. The topological polar surface area (TPSA) is 96.5 Å². The van der Waals surface area contributed by atoms with E-state index in [1.165, 1.54) is 17.0 Å². The minimum Gasteiger partial charge on any atom is -0.508 e. The van der Waals surface area contributed by atoms with Gasteiger partial charge in [-0.25, -0.2) is 9.97 Å². The lowest BCUT2D eigenvalue weighted by atomic mass is 9.98. The predicted octanol–water partition coefficient (Wildman–Crippen LogP) is 2.04. The molecule has 0 bridgehead atoms. The summed E-state index contributed by atoms with van der Waals surface area (Å²) in [5.41, 5.74) is 1.20. The van der Waals surface area contributed by atoms with Crippen molar-refractivity contribution < 1.29 is 9.90 Å². The maximum atomic E-state index is 13.9. The van der Waals surface area contributed by atoms with Gasteiger partial charge in [-0.2, -0.15) is 0 Å². The maximum absolute atomic E-state index is 13.9. The SMILES string of the molecule is C=CC(=O)N1CC(c2nc3ncn(-c4cc(O)cc5ccccc45)c(=O)c3n2C2CN(C)C2)C1. The molecule has 0 spiro atoms. The van der Waals surface area contributed by atoms with Crippen LogP contribution in [0.1, 0.15) is 17.8 Å². The second kappa shape index (κ2) is 7.53. The van der Waals surface area contributed by atoms with E-state index >= 15 is 0 Å². The number of hydrogen-bond acceptors (Lipinski definition) is 6. The van der Waals surface area contributed by atoms with Gasteiger partial charge in [0.1, 0.15) is 17.9 Å².